The first-order valence-corrected chi connectivity index (χ1v) is 8.52. The van der Waals surface area contributed by atoms with Crippen molar-refractivity contribution in [2.24, 2.45) is 17.3 Å². The lowest BCUT2D eigenvalue weighted by molar-refractivity contribution is 0.0644. The van der Waals surface area contributed by atoms with Crippen LogP contribution in [0.5, 0.6) is 0 Å². The quantitative estimate of drug-likeness (QED) is 0.590. The lowest BCUT2D eigenvalue weighted by atomic mass is 9.54. The summed E-state index contributed by atoms with van der Waals surface area (Å²) < 4.78 is 0. The van der Waals surface area contributed by atoms with Gasteiger partial charge in [-0.25, -0.2) is 0 Å². The Hall–Kier alpha value is -1.04. The SMILES string of the molecule is C=C1CCC2C3CCc4ccccc4C3CCC12CC. The van der Waals surface area contributed by atoms with E-state index >= 15 is 0 Å². The zero-order valence-corrected chi connectivity index (χ0v) is 12.7. The third kappa shape index (κ3) is 1.54. The van der Waals surface area contributed by atoms with Crippen LogP contribution < -0.4 is 0 Å². The first-order chi connectivity index (χ1) is 9.76. The van der Waals surface area contributed by atoms with Crippen LogP contribution in [0.15, 0.2) is 36.4 Å². The van der Waals surface area contributed by atoms with Crippen LogP contribution >= 0.6 is 0 Å². The molecule has 0 heterocycles. The van der Waals surface area contributed by atoms with Crippen molar-refractivity contribution in [3.05, 3.63) is 47.5 Å². The molecule has 4 rings (SSSR count). The van der Waals surface area contributed by atoms with E-state index in [1.54, 1.807) is 16.7 Å². The normalized spacial score (nSPS) is 39.0. The van der Waals surface area contributed by atoms with Crippen molar-refractivity contribution >= 4 is 0 Å². The van der Waals surface area contributed by atoms with E-state index < -0.39 is 0 Å². The number of rotatable bonds is 1. The molecule has 0 aromatic heterocycles. The molecular weight excluding hydrogens is 240 g/mol. The highest BCUT2D eigenvalue weighted by atomic mass is 14.6. The average molecular weight is 266 g/mol. The van der Waals surface area contributed by atoms with Crippen molar-refractivity contribution in [1.29, 1.82) is 0 Å². The predicted molar refractivity (Wildman–Crippen MR) is 84.8 cm³/mol. The van der Waals surface area contributed by atoms with Gasteiger partial charge in [0.15, 0.2) is 0 Å². The van der Waals surface area contributed by atoms with Gasteiger partial charge in [0.25, 0.3) is 0 Å². The van der Waals surface area contributed by atoms with E-state index in [9.17, 15) is 0 Å². The summed E-state index contributed by atoms with van der Waals surface area (Å²) in [5, 5.41) is 0. The second kappa shape index (κ2) is 4.48. The number of aryl methyl sites for hydroxylation is 1. The fourth-order valence-electron chi connectivity index (χ4n) is 5.93. The molecular formula is C20H26. The predicted octanol–water partition coefficient (Wildman–Crippen LogP) is 5.49. The molecule has 0 radical (unpaired) electrons. The Labute approximate surface area is 123 Å². The lowest BCUT2D eigenvalue weighted by Crippen LogP contribution is -2.41. The van der Waals surface area contributed by atoms with Gasteiger partial charge in [-0.1, -0.05) is 43.3 Å². The van der Waals surface area contributed by atoms with Crippen LogP contribution in [-0.4, -0.2) is 0 Å². The average Bonchev–Trinajstić information content (AvgIpc) is 2.85. The molecule has 3 aliphatic carbocycles. The highest BCUT2D eigenvalue weighted by Crippen LogP contribution is 2.63. The highest BCUT2D eigenvalue weighted by molar-refractivity contribution is 5.36. The highest BCUT2D eigenvalue weighted by Gasteiger charge is 2.53. The summed E-state index contributed by atoms with van der Waals surface area (Å²) in [7, 11) is 0. The molecule has 2 saturated carbocycles. The lowest BCUT2D eigenvalue weighted by Gasteiger charge is -2.51. The van der Waals surface area contributed by atoms with Gasteiger partial charge < -0.3 is 0 Å². The molecule has 4 atom stereocenters. The third-order valence-electron chi connectivity index (χ3n) is 6.94. The maximum atomic E-state index is 4.46. The zero-order chi connectivity index (χ0) is 13.7. The Morgan fingerprint density at radius 1 is 1.15 bits per heavy atom. The van der Waals surface area contributed by atoms with E-state index in [1.165, 1.54) is 44.9 Å². The summed E-state index contributed by atoms with van der Waals surface area (Å²) in [5.74, 6) is 2.69. The topological polar surface area (TPSA) is 0 Å². The van der Waals surface area contributed by atoms with Crippen LogP contribution in [0.4, 0.5) is 0 Å². The van der Waals surface area contributed by atoms with Gasteiger partial charge in [-0.15, -0.1) is 0 Å². The van der Waals surface area contributed by atoms with Gasteiger partial charge in [-0.3, -0.25) is 0 Å². The van der Waals surface area contributed by atoms with Crippen LogP contribution in [0.25, 0.3) is 0 Å². The van der Waals surface area contributed by atoms with E-state index in [-0.39, 0.29) is 0 Å². The van der Waals surface area contributed by atoms with Gasteiger partial charge in [0.1, 0.15) is 0 Å². The fraction of sp³-hybridized carbons (Fsp3) is 0.600. The molecule has 3 aliphatic rings. The molecule has 1 aromatic carbocycles. The number of benzene rings is 1. The second-order valence-electron chi connectivity index (χ2n) is 7.30. The molecule has 0 aliphatic heterocycles. The van der Waals surface area contributed by atoms with Gasteiger partial charge in [-0.05, 0) is 79.2 Å². The van der Waals surface area contributed by atoms with Crippen molar-refractivity contribution in [2.75, 3.05) is 0 Å². The third-order valence-corrected chi connectivity index (χ3v) is 6.94. The van der Waals surface area contributed by atoms with E-state index in [4.69, 9.17) is 0 Å². The molecule has 0 spiro atoms. The van der Waals surface area contributed by atoms with Crippen LogP contribution in [0.2, 0.25) is 0 Å². The monoisotopic (exact) mass is 266 g/mol. The van der Waals surface area contributed by atoms with Crippen molar-refractivity contribution in [3.63, 3.8) is 0 Å². The van der Waals surface area contributed by atoms with Crippen molar-refractivity contribution in [2.45, 2.75) is 57.8 Å². The minimum Gasteiger partial charge on any atom is -0.0993 e. The van der Waals surface area contributed by atoms with Crippen LogP contribution in [0, 0.1) is 17.3 Å². The molecule has 0 bridgehead atoms. The van der Waals surface area contributed by atoms with Crippen molar-refractivity contribution in [1.82, 2.24) is 0 Å². The van der Waals surface area contributed by atoms with Crippen LogP contribution in [-0.2, 0) is 6.42 Å². The molecule has 0 saturated heterocycles. The summed E-state index contributed by atoms with van der Waals surface area (Å²) in [6, 6.07) is 9.24. The largest absolute Gasteiger partial charge is 0.0993 e. The van der Waals surface area contributed by atoms with Gasteiger partial charge in [0, 0.05) is 0 Å². The summed E-state index contributed by atoms with van der Waals surface area (Å²) in [6.07, 6.45) is 9.54. The smallest absolute Gasteiger partial charge is 0.00620 e. The van der Waals surface area contributed by atoms with E-state index in [2.05, 4.69) is 37.8 Å². The second-order valence-corrected chi connectivity index (χ2v) is 7.30. The Morgan fingerprint density at radius 2 is 2.00 bits per heavy atom. The molecule has 106 valence electrons. The van der Waals surface area contributed by atoms with Crippen LogP contribution in [0.3, 0.4) is 0 Å². The van der Waals surface area contributed by atoms with Gasteiger partial charge in [0.2, 0.25) is 0 Å². The van der Waals surface area contributed by atoms with Gasteiger partial charge in [-0.2, -0.15) is 0 Å². The summed E-state index contributed by atoms with van der Waals surface area (Å²) in [4.78, 5) is 0. The summed E-state index contributed by atoms with van der Waals surface area (Å²) in [5.41, 5.74) is 5.41. The Bertz CT molecular complexity index is 541. The van der Waals surface area contributed by atoms with Gasteiger partial charge >= 0.3 is 0 Å². The maximum Gasteiger partial charge on any atom is -0.00620 e. The number of fused-ring (bicyclic) bond motifs is 5. The minimum atomic E-state index is 0.507. The molecule has 0 N–H and O–H groups in total. The zero-order valence-electron chi connectivity index (χ0n) is 12.7. The Balaban J connectivity index is 1.73. The molecule has 0 heteroatoms. The molecule has 4 unspecified atom stereocenters. The first-order valence-electron chi connectivity index (χ1n) is 8.52. The van der Waals surface area contributed by atoms with Crippen molar-refractivity contribution in [3.8, 4) is 0 Å². The maximum absolute atomic E-state index is 4.46. The molecule has 20 heavy (non-hydrogen) atoms. The Morgan fingerprint density at radius 3 is 2.85 bits per heavy atom. The standard InChI is InChI=1S/C20H26/c1-3-20-13-12-17-16-7-5-4-6-15(16)9-10-18(17)19(20)11-8-14(20)2/h4-7,17-19H,2-3,8-13H2,1H3. The van der Waals surface area contributed by atoms with E-state index in [0.717, 1.165) is 17.8 Å². The molecule has 1 aromatic rings. The summed E-state index contributed by atoms with van der Waals surface area (Å²) in [6.45, 7) is 6.87. The first kappa shape index (κ1) is 12.7. The Kier molecular flexibility index (Phi) is 2.84. The van der Waals surface area contributed by atoms with Gasteiger partial charge in [0.05, 0.1) is 0 Å². The van der Waals surface area contributed by atoms with E-state index in [0.29, 0.717) is 5.41 Å². The minimum absolute atomic E-state index is 0.507. The number of allylic oxidation sites excluding steroid dienone is 1. The number of hydrogen-bond donors (Lipinski definition) is 0. The molecule has 2 fully saturated rings. The van der Waals surface area contributed by atoms with E-state index in [1.807, 2.05) is 0 Å². The molecule has 0 nitrogen and oxygen atoms in total. The molecule has 0 amide bonds. The number of hydrogen-bond acceptors (Lipinski definition) is 0. The fourth-order valence-corrected chi connectivity index (χ4v) is 5.93. The van der Waals surface area contributed by atoms with Crippen LogP contribution in [0.1, 0.15) is 62.5 Å². The van der Waals surface area contributed by atoms with Crippen molar-refractivity contribution < 1.29 is 0 Å². The summed E-state index contributed by atoms with van der Waals surface area (Å²) >= 11 is 0.